The number of nitrogens with one attached hydrogen (secondary N) is 1. The lowest BCUT2D eigenvalue weighted by atomic mass is 9.97. The first-order valence-corrected chi connectivity index (χ1v) is 8.30. The van der Waals surface area contributed by atoms with Crippen molar-refractivity contribution in [3.8, 4) is 0 Å². The Hall–Kier alpha value is -0.260. The summed E-state index contributed by atoms with van der Waals surface area (Å²) in [7, 11) is 0. The highest BCUT2D eigenvalue weighted by Crippen LogP contribution is 2.40. The van der Waals surface area contributed by atoms with Gasteiger partial charge in [-0.3, -0.25) is 4.79 Å². The molecule has 0 aromatic heterocycles. The van der Waals surface area contributed by atoms with Crippen LogP contribution in [0.4, 0.5) is 0 Å². The van der Waals surface area contributed by atoms with Gasteiger partial charge in [0.25, 0.3) is 0 Å². The van der Waals surface area contributed by atoms with Crippen LogP contribution in [0.25, 0.3) is 0 Å². The number of carbonyl (C=O) groups is 1. The van der Waals surface area contributed by atoms with E-state index in [0.29, 0.717) is 17.1 Å². The van der Waals surface area contributed by atoms with Crippen LogP contribution in [0.5, 0.6) is 0 Å². The molecule has 2 unspecified atom stereocenters. The average molecular weight is 287 g/mol. The number of carbonyl (C=O) groups excluding carboxylic acids is 1. The number of thioether (sulfide) groups is 1. The summed E-state index contributed by atoms with van der Waals surface area (Å²) in [6.45, 7) is 7.08. The maximum absolute atomic E-state index is 12.3. The predicted molar refractivity (Wildman–Crippen MR) is 77.5 cm³/mol. The highest BCUT2D eigenvalue weighted by atomic mass is 32.2. The first-order valence-electron chi connectivity index (χ1n) is 7.35. The van der Waals surface area contributed by atoms with Crippen molar-refractivity contribution in [1.82, 2.24) is 5.32 Å². The van der Waals surface area contributed by atoms with E-state index in [9.17, 15) is 4.79 Å². The van der Waals surface area contributed by atoms with Gasteiger partial charge in [0.2, 0.25) is 0 Å². The minimum absolute atomic E-state index is 0.0589. The highest BCUT2D eigenvalue weighted by molar-refractivity contribution is 8.00. The molecule has 19 heavy (non-hydrogen) atoms. The summed E-state index contributed by atoms with van der Waals surface area (Å²) in [5, 5.41) is 4.64. The van der Waals surface area contributed by atoms with Crippen LogP contribution >= 0.6 is 11.8 Å². The van der Waals surface area contributed by atoms with Gasteiger partial charge in [-0.25, -0.2) is 0 Å². The molecule has 0 aromatic carbocycles. The zero-order valence-corrected chi connectivity index (χ0v) is 12.8. The molecule has 2 atom stereocenters. The molecule has 0 amide bonds. The molecule has 1 saturated carbocycles. The number of ether oxygens (including phenoxy) is 2. The second-order valence-corrected chi connectivity index (χ2v) is 7.00. The van der Waals surface area contributed by atoms with E-state index < -0.39 is 5.54 Å². The van der Waals surface area contributed by atoms with Crippen molar-refractivity contribution >= 4 is 17.7 Å². The fraction of sp³-hybridized carbons (Fsp3) is 0.929. The number of hydrogen-bond acceptors (Lipinski definition) is 5. The van der Waals surface area contributed by atoms with Gasteiger partial charge < -0.3 is 14.8 Å². The van der Waals surface area contributed by atoms with E-state index in [2.05, 4.69) is 12.2 Å². The minimum Gasteiger partial charge on any atom is -0.465 e. The van der Waals surface area contributed by atoms with E-state index >= 15 is 0 Å². The quantitative estimate of drug-likeness (QED) is 0.726. The van der Waals surface area contributed by atoms with E-state index in [0.717, 1.165) is 45.4 Å². The Morgan fingerprint density at radius 1 is 1.42 bits per heavy atom. The minimum atomic E-state index is -0.436. The third-order valence-electron chi connectivity index (χ3n) is 3.84. The summed E-state index contributed by atoms with van der Waals surface area (Å²) >= 11 is 1.99. The fourth-order valence-electron chi connectivity index (χ4n) is 2.73. The van der Waals surface area contributed by atoms with Gasteiger partial charge in [0.15, 0.2) is 0 Å². The number of hydrogen-bond donors (Lipinski definition) is 1. The summed E-state index contributed by atoms with van der Waals surface area (Å²) < 4.78 is 10.5. The fourth-order valence-corrected chi connectivity index (χ4v) is 4.26. The molecule has 1 saturated heterocycles. The van der Waals surface area contributed by atoms with Crippen molar-refractivity contribution in [2.45, 2.75) is 55.6 Å². The molecule has 2 fully saturated rings. The summed E-state index contributed by atoms with van der Waals surface area (Å²) in [5.74, 6) is -0.0589. The first-order chi connectivity index (χ1) is 9.20. The second kappa shape index (κ2) is 6.95. The molecule has 4 nitrogen and oxygen atoms in total. The topological polar surface area (TPSA) is 47.6 Å². The van der Waals surface area contributed by atoms with E-state index in [-0.39, 0.29) is 5.97 Å². The molecular formula is C14H25NO3S. The van der Waals surface area contributed by atoms with Crippen LogP contribution in [0.15, 0.2) is 0 Å². The molecule has 1 aliphatic heterocycles. The summed E-state index contributed by atoms with van der Waals surface area (Å²) in [5.41, 5.74) is -0.436. The molecule has 110 valence electrons. The first kappa shape index (κ1) is 15.1. The molecule has 2 rings (SSSR count). The van der Waals surface area contributed by atoms with Crippen LogP contribution < -0.4 is 5.32 Å². The van der Waals surface area contributed by atoms with Crippen molar-refractivity contribution in [3.63, 3.8) is 0 Å². The third-order valence-corrected chi connectivity index (χ3v) is 5.29. The Bertz CT molecular complexity index is 309. The van der Waals surface area contributed by atoms with Crippen molar-refractivity contribution in [2.24, 2.45) is 0 Å². The molecule has 1 heterocycles. The molecular weight excluding hydrogens is 262 g/mol. The van der Waals surface area contributed by atoms with Crippen molar-refractivity contribution in [2.75, 3.05) is 26.4 Å². The number of rotatable bonds is 7. The van der Waals surface area contributed by atoms with Gasteiger partial charge in [-0.1, -0.05) is 6.92 Å². The molecule has 0 bridgehead atoms. The molecule has 0 spiro atoms. The third kappa shape index (κ3) is 3.64. The lowest BCUT2D eigenvalue weighted by molar-refractivity contribution is -0.151. The van der Waals surface area contributed by atoms with Crippen LogP contribution in [-0.2, 0) is 14.3 Å². The van der Waals surface area contributed by atoms with Crippen molar-refractivity contribution in [1.29, 1.82) is 0 Å². The predicted octanol–water partition coefficient (Wildman–Crippen LogP) is 1.97. The van der Waals surface area contributed by atoms with E-state index in [1.807, 2.05) is 18.7 Å². The zero-order chi connectivity index (χ0) is 13.7. The van der Waals surface area contributed by atoms with Crippen molar-refractivity contribution in [3.05, 3.63) is 0 Å². The lowest BCUT2D eigenvalue weighted by Crippen LogP contribution is -2.51. The lowest BCUT2D eigenvalue weighted by Gasteiger charge is -2.30. The molecule has 0 aromatic rings. The van der Waals surface area contributed by atoms with Crippen LogP contribution in [-0.4, -0.2) is 48.4 Å². The van der Waals surface area contributed by atoms with Gasteiger partial charge >= 0.3 is 5.97 Å². The molecule has 2 aliphatic rings. The SMILES string of the molecule is CCCNC1(C(=O)OCC)CCC(SC2COC2)C1. The molecule has 1 N–H and O–H groups in total. The highest BCUT2D eigenvalue weighted by Gasteiger charge is 2.47. The Morgan fingerprint density at radius 3 is 2.79 bits per heavy atom. The van der Waals surface area contributed by atoms with Gasteiger partial charge in [0.1, 0.15) is 5.54 Å². The maximum Gasteiger partial charge on any atom is 0.326 e. The van der Waals surface area contributed by atoms with Gasteiger partial charge in [-0.15, -0.1) is 0 Å². The Balaban J connectivity index is 1.92. The standard InChI is InChI=1S/C14H25NO3S/c1-3-7-15-14(13(16)18-4-2)6-5-11(8-14)19-12-9-17-10-12/h11-12,15H,3-10H2,1-2H3. The van der Waals surface area contributed by atoms with Crippen LogP contribution in [0.2, 0.25) is 0 Å². The monoisotopic (exact) mass is 287 g/mol. The van der Waals surface area contributed by atoms with Crippen molar-refractivity contribution < 1.29 is 14.3 Å². The zero-order valence-electron chi connectivity index (χ0n) is 11.9. The summed E-state index contributed by atoms with van der Waals surface area (Å²) in [4.78, 5) is 12.3. The van der Waals surface area contributed by atoms with Gasteiger partial charge in [0, 0.05) is 5.25 Å². The normalized spacial score (nSPS) is 31.2. The van der Waals surface area contributed by atoms with Gasteiger partial charge in [-0.2, -0.15) is 11.8 Å². The van der Waals surface area contributed by atoms with Gasteiger partial charge in [-0.05, 0) is 39.2 Å². The maximum atomic E-state index is 12.3. The van der Waals surface area contributed by atoms with Crippen LogP contribution in [0.3, 0.4) is 0 Å². The Morgan fingerprint density at radius 2 is 2.21 bits per heavy atom. The number of esters is 1. The largest absolute Gasteiger partial charge is 0.465 e. The smallest absolute Gasteiger partial charge is 0.326 e. The molecule has 1 aliphatic carbocycles. The summed E-state index contributed by atoms with van der Waals surface area (Å²) in [6, 6.07) is 0. The van der Waals surface area contributed by atoms with E-state index in [1.54, 1.807) is 0 Å². The Kier molecular flexibility index (Phi) is 5.54. The second-order valence-electron chi connectivity index (χ2n) is 5.39. The molecule has 0 radical (unpaired) electrons. The summed E-state index contributed by atoms with van der Waals surface area (Å²) in [6.07, 6.45) is 3.93. The van der Waals surface area contributed by atoms with E-state index in [4.69, 9.17) is 9.47 Å². The van der Waals surface area contributed by atoms with Gasteiger partial charge in [0.05, 0.1) is 25.1 Å². The molecule has 5 heteroatoms. The Labute approximate surface area is 120 Å². The van der Waals surface area contributed by atoms with Crippen LogP contribution in [0, 0.1) is 0 Å². The average Bonchev–Trinajstić information content (AvgIpc) is 2.77. The van der Waals surface area contributed by atoms with Crippen LogP contribution in [0.1, 0.15) is 39.5 Å². The van der Waals surface area contributed by atoms with E-state index in [1.165, 1.54) is 0 Å².